The quantitative estimate of drug-likeness (QED) is 0.492. The van der Waals surface area contributed by atoms with Crippen molar-refractivity contribution in [3.8, 4) is 6.07 Å². The summed E-state index contributed by atoms with van der Waals surface area (Å²) in [5.74, 6) is -0.745. The number of anilines is 1. The van der Waals surface area contributed by atoms with Crippen molar-refractivity contribution in [3.63, 3.8) is 0 Å². The number of nitrogens with zero attached hydrogens (tertiary/aromatic N) is 1. The zero-order valence-corrected chi connectivity index (χ0v) is 18.1. The van der Waals surface area contributed by atoms with Gasteiger partial charge in [-0.25, -0.2) is 4.79 Å². The van der Waals surface area contributed by atoms with Crippen molar-refractivity contribution in [2.45, 2.75) is 29.6 Å². The molecule has 0 spiro atoms. The van der Waals surface area contributed by atoms with Gasteiger partial charge in [0, 0.05) is 15.5 Å². The average molecular weight is 431 g/mol. The molecule has 0 unspecified atom stereocenters. The number of benzene rings is 3. The number of hydrogen-bond acceptors (Lipinski definition) is 5. The van der Waals surface area contributed by atoms with Gasteiger partial charge in [-0.15, -0.1) is 0 Å². The number of carbonyl (C=O) groups is 2. The van der Waals surface area contributed by atoms with Gasteiger partial charge in [0.2, 0.25) is 0 Å². The van der Waals surface area contributed by atoms with Gasteiger partial charge in [0.1, 0.15) is 6.07 Å². The number of esters is 1. The molecule has 0 fully saturated rings. The molecule has 0 aliphatic heterocycles. The van der Waals surface area contributed by atoms with Crippen LogP contribution in [0.25, 0.3) is 0 Å². The summed E-state index contributed by atoms with van der Waals surface area (Å²) in [5, 5.41) is 12.1. The highest BCUT2D eigenvalue weighted by molar-refractivity contribution is 7.99. The van der Waals surface area contributed by atoms with Crippen molar-refractivity contribution in [2.24, 2.45) is 0 Å². The average Bonchev–Trinajstić information content (AvgIpc) is 2.78. The SMILES string of the molecule is CC(C)c1ccccc1NC(=O)COC(=O)c1ccccc1Sc1ccccc1C#N. The predicted octanol–water partition coefficient (Wildman–Crippen LogP) is 5.63. The molecule has 0 saturated carbocycles. The minimum Gasteiger partial charge on any atom is -0.452 e. The summed E-state index contributed by atoms with van der Waals surface area (Å²) >= 11 is 1.31. The molecule has 3 aromatic rings. The Morgan fingerprint density at radius 3 is 2.35 bits per heavy atom. The minimum absolute atomic E-state index is 0.249. The molecule has 6 heteroatoms. The lowest BCUT2D eigenvalue weighted by atomic mass is 10.0. The summed E-state index contributed by atoms with van der Waals surface area (Å²) in [6.07, 6.45) is 0. The van der Waals surface area contributed by atoms with Gasteiger partial charge in [0.25, 0.3) is 5.91 Å². The number of amides is 1. The summed E-state index contributed by atoms with van der Waals surface area (Å²) in [7, 11) is 0. The first-order valence-corrected chi connectivity index (χ1v) is 10.6. The zero-order chi connectivity index (χ0) is 22.2. The van der Waals surface area contributed by atoms with Gasteiger partial charge < -0.3 is 10.1 Å². The molecule has 3 aromatic carbocycles. The van der Waals surface area contributed by atoms with E-state index in [9.17, 15) is 14.9 Å². The van der Waals surface area contributed by atoms with Crippen LogP contribution in [-0.2, 0) is 9.53 Å². The van der Waals surface area contributed by atoms with Crippen LogP contribution in [0, 0.1) is 11.3 Å². The smallest absolute Gasteiger partial charge is 0.339 e. The summed E-state index contributed by atoms with van der Waals surface area (Å²) in [6, 6.07) is 23.9. The maximum atomic E-state index is 12.7. The van der Waals surface area contributed by atoms with E-state index in [2.05, 4.69) is 11.4 Å². The number of nitriles is 1. The Hall–Kier alpha value is -3.56. The molecule has 0 aromatic heterocycles. The Morgan fingerprint density at radius 1 is 0.968 bits per heavy atom. The normalized spacial score (nSPS) is 10.4. The molecule has 0 heterocycles. The zero-order valence-electron chi connectivity index (χ0n) is 17.3. The maximum absolute atomic E-state index is 12.7. The van der Waals surface area contributed by atoms with Crippen LogP contribution in [0.3, 0.4) is 0 Å². The highest BCUT2D eigenvalue weighted by atomic mass is 32.2. The molecule has 0 aliphatic rings. The molecular weight excluding hydrogens is 408 g/mol. The van der Waals surface area contributed by atoms with Crippen LogP contribution in [0.1, 0.15) is 41.3 Å². The Morgan fingerprint density at radius 2 is 1.61 bits per heavy atom. The van der Waals surface area contributed by atoms with E-state index < -0.39 is 11.9 Å². The Labute approximate surface area is 186 Å². The topological polar surface area (TPSA) is 79.2 Å². The van der Waals surface area contributed by atoms with E-state index in [0.717, 1.165) is 10.5 Å². The van der Waals surface area contributed by atoms with E-state index in [1.165, 1.54) is 11.8 Å². The predicted molar refractivity (Wildman–Crippen MR) is 121 cm³/mol. The molecule has 0 atom stereocenters. The molecule has 0 radical (unpaired) electrons. The summed E-state index contributed by atoms with van der Waals surface area (Å²) in [5.41, 5.74) is 2.59. The molecule has 0 aliphatic carbocycles. The van der Waals surface area contributed by atoms with Crippen molar-refractivity contribution in [1.82, 2.24) is 0 Å². The summed E-state index contributed by atoms with van der Waals surface area (Å²) in [6.45, 7) is 3.70. The number of rotatable bonds is 7. The molecule has 0 saturated heterocycles. The van der Waals surface area contributed by atoms with Crippen molar-refractivity contribution in [3.05, 3.63) is 89.5 Å². The second-order valence-corrected chi connectivity index (χ2v) is 8.16. The van der Waals surface area contributed by atoms with Gasteiger partial charge in [-0.1, -0.05) is 68.1 Å². The third-order valence-electron chi connectivity index (χ3n) is 4.53. The molecule has 1 N–H and O–H groups in total. The monoisotopic (exact) mass is 430 g/mol. The van der Waals surface area contributed by atoms with E-state index >= 15 is 0 Å². The molecule has 3 rings (SSSR count). The highest BCUT2D eigenvalue weighted by Crippen LogP contribution is 2.33. The van der Waals surface area contributed by atoms with Gasteiger partial charge in [-0.2, -0.15) is 5.26 Å². The molecule has 31 heavy (non-hydrogen) atoms. The Balaban J connectivity index is 1.68. The summed E-state index contributed by atoms with van der Waals surface area (Å²) in [4.78, 5) is 26.4. The fourth-order valence-electron chi connectivity index (χ4n) is 3.00. The summed E-state index contributed by atoms with van der Waals surface area (Å²) < 4.78 is 5.27. The van der Waals surface area contributed by atoms with Crippen molar-refractivity contribution in [1.29, 1.82) is 5.26 Å². The fraction of sp³-hybridized carbons (Fsp3) is 0.160. The van der Waals surface area contributed by atoms with Gasteiger partial charge in [-0.05, 0) is 41.8 Å². The lowest BCUT2D eigenvalue weighted by molar-refractivity contribution is -0.119. The van der Waals surface area contributed by atoms with Crippen molar-refractivity contribution in [2.75, 3.05) is 11.9 Å². The van der Waals surface area contributed by atoms with Crippen molar-refractivity contribution >= 4 is 29.3 Å². The van der Waals surface area contributed by atoms with Crippen LogP contribution in [-0.4, -0.2) is 18.5 Å². The second-order valence-electron chi connectivity index (χ2n) is 7.07. The van der Waals surface area contributed by atoms with Gasteiger partial charge >= 0.3 is 5.97 Å². The Kier molecular flexibility index (Phi) is 7.47. The van der Waals surface area contributed by atoms with E-state index in [1.807, 2.05) is 56.3 Å². The van der Waals surface area contributed by atoms with Crippen LogP contribution in [0.15, 0.2) is 82.6 Å². The highest BCUT2D eigenvalue weighted by Gasteiger charge is 2.17. The lowest BCUT2D eigenvalue weighted by Crippen LogP contribution is -2.22. The van der Waals surface area contributed by atoms with Crippen LogP contribution in [0.4, 0.5) is 5.69 Å². The van der Waals surface area contributed by atoms with Crippen LogP contribution >= 0.6 is 11.8 Å². The number of nitrogens with one attached hydrogen (secondary N) is 1. The fourth-order valence-corrected chi connectivity index (χ4v) is 4.02. The molecule has 156 valence electrons. The largest absolute Gasteiger partial charge is 0.452 e. The molecular formula is C25H22N2O3S. The Bertz CT molecular complexity index is 1140. The maximum Gasteiger partial charge on any atom is 0.339 e. The third-order valence-corrected chi connectivity index (χ3v) is 5.68. The van der Waals surface area contributed by atoms with Crippen LogP contribution < -0.4 is 5.32 Å². The third kappa shape index (κ3) is 5.74. The van der Waals surface area contributed by atoms with E-state index in [4.69, 9.17) is 4.74 Å². The van der Waals surface area contributed by atoms with Gasteiger partial charge in [0.05, 0.1) is 11.1 Å². The second kappa shape index (κ2) is 10.5. The first-order chi connectivity index (χ1) is 15.0. The van der Waals surface area contributed by atoms with Gasteiger partial charge in [0.15, 0.2) is 6.61 Å². The standard InChI is InChI=1S/C25H22N2O3S/c1-17(2)19-10-4-6-12-21(19)27-24(28)16-30-25(29)20-11-5-8-14-23(20)31-22-13-7-3-9-18(22)15-26/h3-14,17H,16H2,1-2H3,(H,27,28). The van der Waals surface area contributed by atoms with E-state index in [-0.39, 0.29) is 12.5 Å². The first-order valence-electron chi connectivity index (χ1n) is 9.81. The van der Waals surface area contributed by atoms with Crippen LogP contribution in [0.5, 0.6) is 0 Å². The van der Waals surface area contributed by atoms with Gasteiger partial charge in [-0.3, -0.25) is 4.79 Å². The number of carbonyl (C=O) groups excluding carboxylic acids is 2. The molecule has 1 amide bonds. The number of hydrogen-bond donors (Lipinski definition) is 1. The molecule has 0 bridgehead atoms. The van der Waals surface area contributed by atoms with E-state index in [1.54, 1.807) is 30.3 Å². The minimum atomic E-state index is -0.593. The lowest BCUT2D eigenvalue weighted by Gasteiger charge is -2.14. The van der Waals surface area contributed by atoms with Crippen LogP contribution in [0.2, 0.25) is 0 Å². The molecule has 5 nitrogen and oxygen atoms in total. The first kappa shape index (κ1) is 22.1. The van der Waals surface area contributed by atoms with Crippen molar-refractivity contribution < 1.29 is 14.3 Å². The number of para-hydroxylation sites is 1. The number of ether oxygens (including phenoxy) is 1. The van der Waals surface area contributed by atoms with E-state index in [0.29, 0.717) is 21.7 Å².